The van der Waals surface area contributed by atoms with Gasteiger partial charge in [-0.1, -0.05) is 32.9 Å². The van der Waals surface area contributed by atoms with E-state index in [1.165, 1.54) is 19.3 Å². The largest absolute Gasteiger partial charge is 0.392 e. The van der Waals surface area contributed by atoms with Gasteiger partial charge in [-0.25, -0.2) is 0 Å². The molecular formula is C13H22O. The van der Waals surface area contributed by atoms with Crippen molar-refractivity contribution in [2.24, 2.45) is 16.7 Å². The zero-order valence-corrected chi connectivity index (χ0v) is 9.59. The Hall–Kier alpha value is -0.300. The van der Waals surface area contributed by atoms with Gasteiger partial charge in [-0.05, 0) is 37.0 Å². The van der Waals surface area contributed by atoms with Gasteiger partial charge in [0.25, 0.3) is 0 Å². The first kappa shape index (κ1) is 10.2. The second kappa shape index (κ2) is 3.10. The average Bonchev–Trinajstić information content (AvgIpc) is 2.14. The fourth-order valence-corrected chi connectivity index (χ4v) is 3.39. The lowest BCUT2D eigenvalue weighted by Crippen LogP contribution is -2.52. The molecule has 0 aromatic heterocycles. The lowest BCUT2D eigenvalue weighted by atomic mass is 9.54. The maximum absolute atomic E-state index is 10.5. The highest BCUT2D eigenvalue weighted by Gasteiger charge is 2.50. The standard InChI is InChI=1S/C13H22O/c1-12(2)9-7-10-6-4-5-8-13(10,3)11(12)14/h4-5,10-11,14H,6-9H2,1-3H3. The Kier molecular flexibility index (Phi) is 2.26. The van der Waals surface area contributed by atoms with Crippen LogP contribution in [-0.4, -0.2) is 11.2 Å². The first-order chi connectivity index (χ1) is 6.47. The molecule has 0 heterocycles. The van der Waals surface area contributed by atoms with Gasteiger partial charge in [0.2, 0.25) is 0 Å². The molecule has 2 aliphatic rings. The van der Waals surface area contributed by atoms with E-state index in [0.717, 1.165) is 6.42 Å². The van der Waals surface area contributed by atoms with Crippen LogP contribution in [0.15, 0.2) is 12.2 Å². The molecule has 0 bridgehead atoms. The molecule has 3 unspecified atom stereocenters. The summed E-state index contributed by atoms with van der Waals surface area (Å²) in [6.07, 6.45) is 9.08. The molecule has 0 spiro atoms. The van der Waals surface area contributed by atoms with Crippen LogP contribution in [0.3, 0.4) is 0 Å². The summed E-state index contributed by atoms with van der Waals surface area (Å²) >= 11 is 0. The van der Waals surface area contributed by atoms with Crippen molar-refractivity contribution in [3.05, 3.63) is 12.2 Å². The maximum Gasteiger partial charge on any atom is 0.0650 e. The van der Waals surface area contributed by atoms with E-state index in [9.17, 15) is 5.11 Å². The number of hydrogen-bond acceptors (Lipinski definition) is 1. The van der Waals surface area contributed by atoms with Gasteiger partial charge in [0, 0.05) is 5.41 Å². The van der Waals surface area contributed by atoms with Gasteiger partial charge in [-0.3, -0.25) is 0 Å². The number of fused-ring (bicyclic) bond motifs is 1. The Bertz CT molecular complexity index is 254. The molecule has 80 valence electrons. The summed E-state index contributed by atoms with van der Waals surface area (Å²) in [7, 11) is 0. The summed E-state index contributed by atoms with van der Waals surface area (Å²) in [6.45, 7) is 6.68. The molecule has 3 atom stereocenters. The van der Waals surface area contributed by atoms with E-state index in [0.29, 0.717) is 5.92 Å². The number of aliphatic hydroxyl groups is 1. The van der Waals surface area contributed by atoms with Crippen molar-refractivity contribution in [3.8, 4) is 0 Å². The number of hydrogen-bond donors (Lipinski definition) is 1. The van der Waals surface area contributed by atoms with Crippen LogP contribution in [0, 0.1) is 16.7 Å². The molecule has 1 saturated carbocycles. The minimum atomic E-state index is -0.140. The smallest absolute Gasteiger partial charge is 0.0650 e. The number of rotatable bonds is 0. The van der Waals surface area contributed by atoms with E-state index in [4.69, 9.17) is 0 Å². The van der Waals surface area contributed by atoms with Gasteiger partial charge >= 0.3 is 0 Å². The van der Waals surface area contributed by atoms with Gasteiger partial charge in [-0.2, -0.15) is 0 Å². The van der Waals surface area contributed by atoms with Crippen LogP contribution in [0.4, 0.5) is 0 Å². The van der Waals surface area contributed by atoms with Crippen molar-refractivity contribution in [3.63, 3.8) is 0 Å². The second-order valence-electron chi connectivity index (χ2n) is 6.04. The molecule has 1 nitrogen and oxygen atoms in total. The molecule has 0 aliphatic heterocycles. The molecule has 0 radical (unpaired) electrons. The third-order valence-electron chi connectivity index (χ3n) is 4.58. The van der Waals surface area contributed by atoms with Crippen molar-refractivity contribution in [1.29, 1.82) is 0 Å². The normalized spacial score (nSPS) is 46.0. The first-order valence-corrected chi connectivity index (χ1v) is 5.80. The molecule has 2 aliphatic carbocycles. The molecule has 2 rings (SSSR count). The second-order valence-corrected chi connectivity index (χ2v) is 6.04. The van der Waals surface area contributed by atoms with Crippen molar-refractivity contribution in [2.45, 2.75) is 52.6 Å². The topological polar surface area (TPSA) is 20.2 Å². The summed E-state index contributed by atoms with van der Waals surface area (Å²) in [5.41, 5.74) is 0.243. The third-order valence-corrected chi connectivity index (χ3v) is 4.58. The first-order valence-electron chi connectivity index (χ1n) is 5.80. The highest BCUT2D eigenvalue weighted by molar-refractivity contribution is 5.08. The van der Waals surface area contributed by atoms with Crippen LogP contribution in [0.2, 0.25) is 0 Å². The highest BCUT2D eigenvalue weighted by atomic mass is 16.3. The summed E-state index contributed by atoms with van der Waals surface area (Å²) < 4.78 is 0. The fourth-order valence-electron chi connectivity index (χ4n) is 3.39. The van der Waals surface area contributed by atoms with E-state index in [1.807, 2.05) is 0 Å². The molecule has 1 fully saturated rings. The highest BCUT2D eigenvalue weighted by Crippen LogP contribution is 2.54. The predicted molar refractivity (Wildman–Crippen MR) is 59.0 cm³/mol. The third kappa shape index (κ3) is 1.33. The Morgan fingerprint density at radius 3 is 2.64 bits per heavy atom. The van der Waals surface area contributed by atoms with Gasteiger partial charge in [0.15, 0.2) is 0 Å². The summed E-state index contributed by atoms with van der Waals surface area (Å²) in [5, 5.41) is 10.5. The van der Waals surface area contributed by atoms with E-state index in [-0.39, 0.29) is 16.9 Å². The lowest BCUT2D eigenvalue weighted by molar-refractivity contribution is -0.117. The number of aliphatic hydroxyl groups excluding tert-OH is 1. The van der Waals surface area contributed by atoms with Crippen LogP contribution < -0.4 is 0 Å². The van der Waals surface area contributed by atoms with Gasteiger partial charge < -0.3 is 5.11 Å². The Morgan fingerprint density at radius 2 is 1.93 bits per heavy atom. The summed E-state index contributed by atoms with van der Waals surface area (Å²) in [4.78, 5) is 0. The molecule has 14 heavy (non-hydrogen) atoms. The minimum absolute atomic E-state index is 0.108. The zero-order chi connectivity index (χ0) is 10.4. The van der Waals surface area contributed by atoms with E-state index < -0.39 is 0 Å². The van der Waals surface area contributed by atoms with Crippen LogP contribution in [0.5, 0.6) is 0 Å². The SMILES string of the molecule is CC1(C)CCC2CC=CCC2(C)C1O. The monoisotopic (exact) mass is 194 g/mol. The van der Waals surface area contributed by atoms with Crippen LogP contribution >= 0.6 is 0 Å². The van der Waals surface area contributed by atoms with Crippen LogP contribution in [-0.2, 0) is 0 Å². The molecule has 0 aromatic rings. The Labute approximate surface area is 87.2 Å². The van der Waals surface area contributed by atoms with E-state index in [2.05, 4.69) is 32.9 Å². The summed E-state index contributed by atoms with van der Waals surface area (Å²) in [6, 6.07) is 0. The Morgan fingerprint density at radius 1 is 1.21 bits per heavy atom. The molecule has 0 saturated heterocycles. The zero-order valence-electron chi connectivity index (χ0n) is 9.59. The quantitative estimate of drug-likeness (QED) is 0.587. The Balaban J connectivity index is 2.29. The minimum Gasteiger partial charge on any atom is -0.392 e. The van der Waals surface area contributed by atoms with Crippen molar-refractivity contribution in [2.75, 3.05) is 0 Å². The van der Waals surface area contributed by atoms with Crippen molar-refractivity contribution >= 4 is 0 Å². The van der Waals surface area contributed by atoms with E-state index >= 15 is 0 Å². The van der Waals surface area contributed by atoms with Gasteiger partial charge in [0.1, 0.15) is 0 Å². The maximum atomic E-state index is 10.5. The summed E-state index contributed by atoms with van der Waals surface area (Å²) in [5.74, 6) is 0.704. The molecule has 1 N–H and O–H groups in total. The van der Waals surface area contributed by atoms with Gasteiger partial charge in [-0.15, -0.1) is 0 Å². The van der Waals surface area contributed by atoms with Gasteiger partial charge in [0.05, 0.1) is 6.10 Å². The van der Waals surface area contributed by atoms with Crippen LogP contribution in [0.1, 0.15) is 46.5 Å². The molecule has 0 aromatic carbocycles. The molecule has 1 heteroatoms. The van der Waals surface area contributed by atoms with E-state index in [1.54, 1.807) is 0 Å². The number of allylic oxidation sites excluding steroid dienone is 2. The van der Waals surface area contributed by atoms with Crippen LogP contribution in [0.25, 0.3) is 0 Å². The molecular weight excluding hydrogens is 172 g/mol. The lowest BCUT2D eigenvalue weighted by Gasteiger charge is -2.53. The fraction of sp³-hybridized carbons (Fsp3) is 0.846. The average molecular weight is 194 g/mol. The predicted octanol–water partition coefficient (Wildman–Crippen LogP) is 3.14. The molecule has 0 amide bonds. The van der Waals surface area contributed by atoms with Crippen molar-refractivity contribution in [1.82, 2.24) is 0 Å². The van der Waals surface area contributed by atoms with Crippen molar-refractivity contribution < 1.29 is 5.11 Å².